The molecule has 0 saturated heterocycles. The molecule has 1 aromatic carbocycles. The molecule has 2 heterocycles. The number of rotatable bonds is 4. The van der Waals surface area contributed by atoms with Crippen LogP contribution in [0.2, 0.25) is 0 Å². The molecule has 3 rings (SSSR count). The van der Waals surface area contributed by atoms with E-state index in [4.69, 9.17) is 5.73 Å². The van der Waals surface area contributed by atoms with Gasteiger partial charge in [0.05, 0.1) is 11.3 Å². The first-order chi connectivity index (χ1) is 10.1. The lowest BCUT2D eigenvalue weighted by Crippen LogP contribution is -2.00. The minimum absolute atomic E-state index is 0.566. The van der Waals surface area contributed by atoms with Crippen LogP contribution in [-0.4, -0.2) is 14.2 Å². The van der Waals surface area contributed by atoms with Crippen molar-refractivity contribution in [2.24, 2.45) is 7.05 Å². The average molecular weight is 299 g/mol. The van der Waals surface area contributed by atoms with Crippen LogP contribution in [0.4, 0.5) is 10.8 Å². The molecule has 0 unspecified atom stereocenters. The Morgan fingerprint density at radius 2 is 2.05 bits per heavy atom. The van der Waals surface area contributed by atoms with E-state index in [-0.39, 0.29) is 0 Å². The van der Waals surface area contributed by atoms with Crippen LogP contribution in [0.25, 0.3) is 11.1 Å². The quantitative estimate of drug-likeness (QED) is 0.777. The lowest BCUT2D eigenvalue weighted by molar-refractivity contribution is 0.756. The van der Waals surface area contributed by atoms with Crippen molar-refractivity contribution in [3.05, 3.63) is 47.8 Å². The lowest BCUT2D eigenvalue weighted by Gasteiger charge is -2.06. The maximum absolute atomic E-state index is 6.02. The van der Waals surface area contributed by atoms with Gasteiger partial charge in [-0.05, 0) is 24.0 Å². The van der Waals surface area contributed by atoms with Crippen LogP contribution in [0, 0.1) is 6.92 Å². The molecule has 0 aliphatic rings. The van der Waals surface area contributed by atoms with Crippen molar-refractivity contribution >= 4 is 22.4 Å². The number of hydrogen-bond acceptors (Lipinski definition) is 5. The number of nitrogens with one attached hydrogen (secondary N) is 1. The highest BCUT2D eigenvalue weighted by Crippen LogP contribution is 2.36. The molecule has 0 spiro atoms. The standard InChI is InChI=1S/C15H17N5S/c1-10-12(9-20(2)18-10)8-17-15-13(14(16)19-21-15)11-6-4-3-5-7-11/h3-7,9,17H,8H2,1-2H3,(H2,16,19). The van der Waals surface area contributed by atoms with Crippen LogP contribution >= 0.6 is 11.5 Å². The topological polar surface area (TPSA) is 68.8 Å². The highest BCUT2D eigenvalue weighted by Gasteiger charge is 2.14. The molecule has 0 amide bonds. The van der Waals surface area contributed by atoms with Gasteiger partial charge in [-0.25, -0.2) is 0 Å². The molecule has 6 heteroatoms. The highest BCUT2D eigenvalue weighted by atomic mass is 32.1. The summed E-state index contributed by atoms with van der Waals surface area (Å²) < 4.78 is 6.09. The maximum Gasteiger partial charge on any atom is 0.147 e. The van der Waals surface area contributed by atoms with Crippen molar-refractivity contribution in [1.82, 2.24) is 14.2 Å². The first-order valence-corrected chi connectivity index (χ1v) is 7.46. The summed E-state index contributed by atoms with van der Waals surface area (Å²) in [6, 6.07) is 10.1. The molecule has 5 nitrogen and oxygen atoms in total. The van der Waals surface area contributed by atoms with Gasteiger partial charge in [-0.2, -0.15) is 9.47 Å². The van der Waals surface area contributed by atoms with E-state index in [2.05, 4.69) is 14.8 Å². The van der Waals surface area contributed by atoms with Gasteiger partial charge in [-0.15, -0.1) is 0 Å². The molecule has 0 aliphatic heterocycles. The monoisotopic (exact) mass is 299 g/mol. The number of nitrogens with zero attached hydrogens (tertiary/aromatic N) is 3. The third-order valence-corrected chi connectivity index (χ3v) is 4.15. The van der Waals surface area contributed by atoms with Crippen molar-refractivity contribution in [3.63, 3.8) is 0 Å². The van der Waals surface area contributed by atoms with E-state index in [1.165, 1.54) is 17.1 Å². The zero-order valence-electron chi connectivity index (χ0n) is 12.0. The molecule has 0 fully saturated rings. The smallest absolute Gasteiger partial charge is 0.147 e. The van der Waals surface area contributed by atoms with Gasteiger partial charge in [0.25, 0.3) is 0 Å². The van der Waals surface area contributed by atoms with Crippen molar-refractivity contribution in [1.29, 1.82) is 0 Å². The van der Waals surface area contributed by atoms with Crippen LogP contribution in [0.1, 0.15) is 11.3 Å². The van der Waals surface area contributed by atoms with Crippen LogP contribution in [0.3, 0.4) is 0 Å². The Bertz CT molecular complexity index is 745. The van der Waals surface area contributed by atoms with Crippen LogP contribution in [0.5, 0.6) is 0 Å². The average Bonchev–Trinajstić information content (AvgIpc) is 3.00. The Kier molecular flexibility index (Phi) is 3.62. The third-order valence-electron chi connectivity index (χ3n) is 3.34. The molecule has 0 aliphatic carbocycles. The van der Waals surface area contributed by atoms with Crippen molar-refractivity contribution in [3.8, 4) is 11.1 Å². The Hall–Kier alpha value is -2.34. The predicted octanol–water partition coefficient (Wildman–Crippen LogP) is 3.05. The summed E-state index contributed by atoms with van der Waals surface area (Å²) in [4.78, 5) is 0. The van der Waals surface area contributed by atoms with Gasteiger partial charge in [-0.3, -0.25) is 4.68 Å². The van der Waals surface area contributed by atoms with Gasteiger partial charge in [0.2, 0.25) is 0 Å². The minimum atomic E-state index is 0.566. The van der Waals surface area contributed by atoms with Crippen molar-refractivity contribution < 1.29 is 0 Å². The summed E-state index contributed by atoms with van der Waals surface area (Å²) in [6.07, 6.45) is 2.02. The second kappa shape index (κ2) is 5.57. The molecule has 0 saturated carbocycles. The summed E-state index contributed by atoms with van der Waals surface area (Å²) in [5.41, 5.74) is 10.3. The third kappa shape index (κ3) is 2.75. The lowest BCUT2D eigenvalue weighted by atomic mass is 10.1. The number of aryl methyl sites for hydroxylation is 2. The van der Waals surface area contributed by atoms with Crippen LogP contribution < -0.4 is 11.1 Å². The Labute approximate surface area is 127 Å². The molecule has 2 aromatic heterocycles. The van der Waals surface area contributed by atoms with E-state index in [0.29, 0.717) is 12.4 Å². The summed E-state index contributed by atoms with van der Waals surface area (Å²) in [5, 5.41) is 8.76. The second-order valence-electron chi connectivity index (χ2n) is 4.90. The van der Waals surface area contributed by atoms with Gasteiger partial charge in [0.15, 0.2) is 0 Å². The molecular weight excluding hydrogens is 282 g/mol. The fourth-order valence-electron chi connectivity index (χ4n) is 2.30. The van der Waals surface area contributed by atoms with Gasteiger partial charge >= 0.3 is 0 Å². The number of nitrogens with two attached hydrogens (primary N) is 1. The van der Waals surface area contributed by atoms with E-state index < -0.39 is 0 Å². The van der Waals surface area contributed by atoms with E-state index in [0.717, 1.165) is 21.8 Å². The predicted molar refractivity (Wildman–Crippen MR) is 87.2 cm³/mol. The molecule has 108 valence electrons. The first-order valence-electron chi connectivity index (χ1n) is 6.68. The van der Waals surface area contributed by atoms with Crippen LogP contribution in [0.15, 0.2) is 36.5 Å². The fraction of sp³-hybridized carbons (Fsp3) is 0.200. The molecule has 3 N–H and O–H groups in total. The highest BCUT2D eigenvalue weighted by molar-refractivity contribution is 7.11. The largest absolute Gasteiger partial charge is 0.382 e. The number of hydrogen-bond donors (Lipinski definition) is 2. The second-order valence-corrected chi connectivity index (χ2v) is 5.68. The zero-order chi connectivity index (χ0) is 14.8. The SMILES string of the molecule is Cc1nn(C)cc1CNc1snc(N)c1-c1ccccc1. The van der Waals surface area contributed by atoms with Gasteiger partial charge in [0.1, 0.15) is 10.8 Å². The summed E-state index contributed by atoms with van der Waals surface area (Å²) in [5.74, 6) is 0.566. The molecule has 21 heavy (non-hydrogen) atoms. The Balaban J connectivity index is 1.85. The maximum atomic E-state index is 6.02. The fourth-order valence-corrected chi connectivity index (χ4v) is 3.04. The minimum Gasteiger partial charge on any atom is -0.382 e. The summed E-state index contributed by atoms with van der Waals surface area (Å²) in [6.45, 7) is 2.72. The van der Waals surface area contributed by atoms with Crippen molar-refractivity contribution in [2.75, 3.05) is 11.1 Å². The molecule has 0 radical (unpaired) electrons. The Morgan fingerprint density at radius 3 is 2.71 bits per heavy atom. The number of nitrogen functional groups attached to an aromatic ring is 1. The van der Waals surface area contributed by atoms with Crippen molar-refractivity contribution in [2.45, 2.75) is 13.5 Å². The van der Waals surface area contributed by atoms with E-state index in [1.807, 2.05) is 55.2 Å². The molecule has 0 bridgehead atoms. The van der Waals surface area contributed by atoms with E-state index >= 15 is 0 Å². The summed E-state index contributed by atoms with van der Waals surface area (Å²) in [7, 11) is 1.93. The number of aromatic nitrogens is 3. The number of anilines is 2. The van der Waals surface area contributed by atoms with Gasteiger partial charge < -0.3 is 11.1 Å². The molecule has 0 atom stereocenters. The molecular formula is C15H17N5S. The van der Waals surface area contributed by atoms with Crippen LogP contribution in [-0.2, 0) is 13.6 Å². The van der Waals surface area contributed by atoms with Gasteiger partial charge in [0, 0.05) is 25.4 Å². The van der Waals surface area contributed by atoms with E-state index in [9.17, 15) is 0 Å². The zero-order valence-corrected chi connectivity index (χ0v) is 12.8. The normalized spacial score (nSPS) is 10.8. The molecule has 3 aromatic rings. The van der Waals surface area contributed by atoms with Gasteiger partial charge in [-0.1, -0.05) is 30.3 Å². The Morgan fingerprint density at radius 1 is 1.29 bits per heavy atom. The number of benzene rings is 1. The summed E-state index contributed by atoms with van der Waals surface area (Å²) >= 11 is 1.39. The van der Waals surface area contributed by atoms with E-state index in [1.54, 1.807) is 0 Å². The first kappa shape index (κ1) is 13.6.